The maximum atomic E-state index is 12.4. The molecule has 122 valence electrons. The monoisotopic (exact) mass is 334 g/mol. The van der Waals surface area contributed by atoms with Gasteiger partial charge in [-0.05, 0) is 32.0 Å². The first-order valence-corrected chi connectivity index (χ1v) is 8.44. The molecule has 0 aliphatic heterocycles. The van der Waals surface area contributed by atoms with Gasteiger partial charge in [-0.1, -0.05) is 35.9 Å². The molecule has 1 atom stereocenters. The molecule has 1 unspecified atom stereocenters. The highest BCUT2D eigenvalue weighted by Crippen LogP contribution is 2.29. The van der Waals surface area contributed by atoms with E-state index in [2.05, 4.69) is 0 Å². The molecule has 0 amide bonds. The maximum Gasteiger partial charge on any atom is 0.339 e. The van der Waals surface area contributed by atoms with Crippen LogP contribution in [0, 0.1) is 6.92 Å². The van der Waals surface area contributed by atoms with E-state index in [9.17, 15) is 13.2 Å². The fourth-order valence-corrected chi connectivity index (χ4v) is 3.04. The highest BCUT2D eigenvalue weighted by Gasteiger charge is 2.23. The SMILES string of the molecule is COC(=O)C(C)c1ccccc1OS(=O)(=O)c1ccc(C)cc1. The van der Waals surface area contributed by atoms with Crippen LogP contribution in [0.25, 0.3) is 0 Å². The van der Waals surface area contributed by atoms with Crippen LogP contribution in [0.15, 0.2) is 53.4 Å². The molecule has 23 heavy (non-hydrogen) atoms. The smallest absolute Gasteiger partial charge is 0.339 e. The number of para-hydroxylation sites is 1. The predicted molar refractivity (Wildman–Crippen MR) is 85.9 cm³/mol. The van der Waals surface area contributed by atoms with Gasteiger partial charge in [-0.25, -0.2) is 0 Å². The van der Waals surface area contributed by atoms with E-state index in [1.165, 1.54) is 25.3 Å². The van der Waals surface area contributed by atoms with Gasteiger partial charge in [-0.2, -0.15) is 8.42 Å². The molecule has 0 saturated carbocycles. The van der Waals surface area contributed by atoms with Gasteiger partial charge in [0.2, 0.25) is 0 Å². The zero-order valence-electron chi connectivity index (χ0n) is 13.1. The third kappa shape index (κ3) is 3.90. The summed E-state index contributed by atoms with van der Waals surface area (Å²) in [7, 11) is -2.69. The molecular weight excluding hydrogens is 316 g/mol. The second-order valence-electron chi connectivity index (χ2n) is 5.13. The Morgan fingerprint density at radius 3 is 2.26 bits per heavy atom. The molecule has 0 saturated heterocycles. The Morgan fingerprint density at radius 2 is 1.65 bits per heavy atom. The summed E-state index contributed by atoms with van der Waals surface area (Å²) in [6.45, 7) is 3.50. The summed E-state index contributed by atoms with van der Waals surface area (Å²) in [5.41, 5.74) is 1.40. The van der Waals surface area contributed by atoms with E-state index in [0.29, 0.717) is 5.56 Å². The highest BCUT2D eigenvalue weighted by molar-refractivity contribution is 7.87. The van der Waals surface area contributed by atoms with Crippen LogP contribution in [0.5, 0.6) is 5.75 Å². The van der Waals surface area contributed by atoms with Crippen LogP contribution < -0.4 is 4.18 Å². The van der Waals surface area contributed by atoms with Crippen molar-refractivity contribution < 1.29 is 22.1 Å². The van der Waals surface area contributed by atoms with Crippen molar-refractivity contribution in [2.24, 2.45) is 0 Å². The molecule has 0 heterocycles. The third-order valence-corrected chi connectivity index (χ3v) is 4.70. The van der Waals surface area contributed by atoms with E-state index in [-0.39, 0.29) is 10.6 Å². The lowest BCUT2D eigenvalue weighted by Crippen LogP contribution is -2.15. The van der Waals surface area contributed by atoms with Crippen molar-refractivity contribution in [3.05, 3.63) is 59.7 Å². The number of ether oxygens (including phenoxy) is 1. The molecular formula is C17H18O5S. The van der Waals surface area contributed by atoms with Crippen LogP contribution in [0.4, 0.5) is 0 Å². The summed E-state index contributed by atoms with van der Waals surface area (Å²) >= 11 is 0. The lowest BCUT2D eigenvalue weighted by Gasteiger charge is -2.15. The minimum atomic E-state index is -3.97. The molecule has 0 aromatic heterocycles. The highest BCUT2D eigenvalue weighted by atomic mass is 32.2. The van der Waals surface area contributed by atoms with Crippen LogP contribution in [0.2, 0.25) is 0 Å². The van der Waals surface area contributed by atoms with Crippen LogP contribution >= 0.6 is 0 Å². The van der Waals surface area contributed by atoms with E-state index in [4.69, 9.17) is 8.92 Å². The third-order valence-electron chi connectivity index (χ3n) is 3.45. The summed E-state index contributed by atoms with van der Waals surface area (Å²) in [5.74, 6) is -0.982. The van der Waals surface area contributed by atoms with Crippen molar-refractivity contribution in [2.75, 3.05) is 7.11 Å². The lowest BCUT2D eigenvalue weighted by atomic mass is 10.0. The molecule has 0 fully saturated rings. The normalized spacial score (nSPS) is 12.5. The molecule has 0 radical (unpaired) electrons. The Kier molecular flexibility index (Phi) is 5.05. The Balaban J connectivity index is 2.36. The number of carbonyl (C=O) groups excluding carboxylic acids is 1. The quantitative estimate of drug-likeness (QED) is 0.621. The molecule has 5 nitrogen and oxygen atoms in total. The number of hydrogen-bond donors (Lipinski definition) is 0. The Labute approximate surface area is 136 Å². The maximum absolute atomic E-state index is 12.4. The van der Waals surface area contributed by atoms with Gasteiger partial charge in [-0.15, -0.1) is 0 Å². The average molecular weight is 334 g/mol. The summed E-state index contributed by atoms with van der Waals surface area (Å²) in [6, 6.07) is 12.9. The van der Waals surface area contributed by atoms with Crippen LogP contribution in [0.3, 0.4) is 0 Å². The number of esters is 1. The first-order valence-electron chi connectivity index (χ1n) is 7.03. The van der Waals surface area contributed by atoms with E-state index in [1.54, 1.807) is 37.3 Å². The number of carbonyl (C=O) groups is 1. The topological polar surface area (TPSA) is 69.7 Å². The summed E-state index contributed by atoms with van der Waals surface area (Å²) < 4.78 is 34.7. The van der Waals surface area contributed by atoms with Crippen molar-refractivity contribution >= 4 is 16.1 Å². The standard InChI is InChI=1S/C17H18O5S/c1-12-8-10-14(11-9-12)23(19,20)22-16-7-5-4-6-15(16)13(2)17(18)21-3/h4-11,13H,1-3H3. The van der Waals surface area contributed by atoms with Gasteiger partial charge in [0.25, 0.3) is 0 Å². The average Bonchev–Trinajstić information content (AvgIpc) is 2.54. The van der Waals surface area contributed by atoms with Crippen LogP contribution in [-0.4, -0.2) is 21.5 Å². The molecule has 0 aliphatic rings. The van der Waals surface area contributed by atoms with E-state index in [0.717, 1.165) is 5.56 Å². The molecule has 2 aromatic carbocycles. The number of methoxy groups -OCH3 is 1. The second-order valence-corrected chi connectivity index (χ2v) is 6.68. The number of benzene rings is 2. The molecule has 2 rings (SSSR count). The van der Waals surface area contributed by atoms with Gasteiger partial charge in [0.1, 0.15) is 10.6 Å². The van der Waals surface area contributed by atoms with Gasteiger partial charge >= 0.3 is 16.1 Å². The molecule has 6 heteroatoms. The molecule has 0 aliphatic carbocycles. The Morgan fingerprint density at radius 1 is 1.04 bits per heavy atom. The minimum absolute atomic E-state index is 0.0589. The summed E-state index contributed by atoms with van der Waals surface area (Å²) in [6.07, 6.45) is 0. The molecule has 0 spiro atoms. The van der Waals surface area contributed by atoms with Crippen molar-refractivity contribution in [1.29, 1.82) is 0 Å². The van der Waals surface area contributed by atoms with E-state index >= 15 is 0 Å². The van der Waals surface area contributed by atoms with Crippen molar-refractivity contribution in [3.63, 3.8) is 0 Å². The first kappa shape index (κ1) is 17.0. The van der Waals surface area contributed by atoms with Gasteiger partial charge in [0.15, 0.2) is 0 Å². The minimum Gasteiger partial charge on any atom is -0.469 e. The summed E-state index contributed by atoms with van der Waals surface area (Å²) in [4.78, 5) is 11.8. The summed E-state index contributed by atoms with van der Waals surface area (Å²) in [5, 5.41) is 0. The van der Waals surface area contributed by atoms with Crippen LogP contribution in [-0.2, 0) is 19.6 Å². The van der Waals surface area contributed by atoms with Crippen molar-refractivity contribution in [1.82, 2.24) is 0 Å². The fourth-order valence-electron chi connectivity index (χ4n) is 2.09. The Hall–Kier alpha value is -2.34. The van der Waals surface area contributed by atoms with E-state index in [1.807, 2.05) is 6.92 Å². The molecule has 0 bridgehead atoms. The van der Waals surface area contributed by atoms with Crippen molar-refractivity contribution in [2.45, 2.75) is 24.7 Å². The second kappa shape index (κ2) is 6.83. The zero-order chi connectivity index (χ0) is 17.0. The van der Waals surface area contributed by atoms with E-state index < -0.39 is 22.0 Å². The fraction of sp³-hybridized carbons (Fsp3) is 0.235. The zero-order valence-corrected chi connectivity index (χ0v) is 14.0. The number of aryl methyl sites for hydroxylation is 1. The van der Waals surface area contributed by atoms with Crippen LogP contribution in [0.1, 0.15) is 24.0 Å². The number of rotatable bonds is 5. The predicted octanol–water partition coefficient (Wildman–Crippen LogP) is 3.04. The lowest BCUT2D eigenvalue weighted by molar-refractivity contribution is -0.142. The largest absolute Gasteiger partial charge is 0.469 e. The molecule has 2 aromatic rings. The van der Waals surface area contributed by atoms with Gasteiger partial charge in [-0.3, -0.25) is 4.79 Å². The van der Waals surface area contributed by atoms with Gasteiger partial charge in [0, 0.05) is 5.56 Å². The molecule has 0 N–H and O–H groups in total. The van der Waals surface area contributed by atoms with Crippen molar-refractivity contribution in [3.8, 4) is 5.75 Å². The Bertz CT molecular complexity index is 794. The number of hydrogen-bond acceptors (Lipinski definition) is 5. The first-order chi connectivity index (χ1) is 10.8. The van der Waals surface area contributed by atoms with Gasteiger partial charge < -0.3 is 8.92 Å². The van der Waals surface area contributed by atoms with Gasteiger partial charge in [0.05, 0.1) is 13.0 Å².